The molecule has 2 saturated heterocycles. The fourth-order valence-corrected chi connectivity index (χ4v) is 5.03. The smallest absolute Gasteiger partial charge is 0.225 e. The zero-order valence-electron chi connectivity index (χ0n) is 18.7. The number of hydrogen-bond acceptors (Lipinski definition) is 3. The number of carbonyl (C=O) groups excluding carboxylic acids is 1. The minimum atomic E-state index is 0. The molecule has 2 aliphatic heterocycles. The van der Waals surface area contributed by atoms with E-state index in [4.69, 9.17) is 4.99 Å². The fourth-order valence-electron chi connectivity index (χ4n) is 5.03. The maximum Gasteiger partial charge on any atom is 0.225 e. The second-order valence-electron chi connectivity index (χ2n) is 9.30. The Labute approximate surface area is 194 Å². The molecule has 0 aromatic carbocycles. The molecule has 2 atom stereocenters. The van der Waals surface area contributed by atoms with Gasteiger partial charge in [-0.15, -0.1) is 24.0 Å². The van der Waals surface area contributed by atoms with Gasteiger partial charge in [-0.05, 0) is 51.5 Å². The summed E-state index contributed by atoms with van der Waals surface area (Å²) in [6.45, 7) is 12.5. The molecule has 0 bridgehead atoms. The van der Waals surface area contributed by atoms with Crippen LogP contribution >= 0.6 is 24.0 Å². The lowest BCUT2D eigenvalue weighted by Crippen LogP contribution is -2.46. The third-order valence-electron chi connectivity index (χ3n) is 6.45. The van der Waals surface area contributed by atoms with Crippen LogP contribution in [-0.2, 0) is 4.79 Å². The Balaban J connectivity index is 0.00000300. The van der Waals surface area contributed by atoms with Crippen LogP contribution in [0.15, 0.2) is 4.99 Å². The predicted octanol–water partition coefficient (Wildman–Crippen LogP) is 3.07. The molecule has 1 aliphatic carbocycles. The van der Waals surface area contributed by atoms with Crippen LogP contribution < -0.4 is 10.6 Å². The molecule has 2 heterocycles. The summed E-state index contributed by atoms with van der Waals surface area (Å²) in [4.78, 5) is 22.3. The van der Waals surface area contributed by atoms with Crippen LogP contribution in [0, 0.1) is 11.8 Å². The van der Waals surface area contributed by atoms with Gasteiger partial charge in [-0.25, -0.2) is 0 Å². The van der Waals surface area contributed by atoms with Crippen molar-refractivity contribution in [1.29, 1.82) is 0 Å². The highest BCUT2D eigenvalue weighted by Gasteiger charge is 2.32. The SMILES string of the molecule is CCNC(=NC[C@H]1CCCN1CC(C)C)NC1CCN(C(=O)C2CCCC2)C1.I. The number of nitrogens with one attached hydrogen (secondary N) is 2. The Morgan fingerprint density at radius 3 is 2.55 bits per heavy atom. The lowest BCUT2D eigenvalue weighted by atomic mass is 10.1. The van der Waals surface area contributed by atoms with Gasteiger partial charge in [0.15, 0.2) is 5.96 Å². The Hall–Kier alpha value is -0.570. The van der Waals surface area contributed by atoms with E-state index in [0.717, 1.165) is 51.4 Å². The predicted molar refractivity (Wildman–Crippen MR) is 131 cm³/mol. The Morgan fingerprint density at radius 2 is 1.86 bits per heavy atom. The summed E-state index contributed by atoms with van der Waals surface area (Å²) >= 11 is 0. The van der Waals surface area contributed by atoms with E-state index >= 15 is 0 Å². The summed E-state index contributed by atoms with van der Waals surface area (Å²) in [7, 11) is 0. The van der Waals surface area contributed by atoms with Crippen LogP contribution in [0.2, 0.25) is 0 Å². The van der Waals surface area contributed by atoms with Gasteiger partial charge >= 0.3 is 0 Å². The molecular weight excluding hydrogens is 477 g/mol. The van der Waals surface area contributed by atoms with Crippen LogP contribution in [0.1, 0.15) is 65.7 Å². The van der Waals surface area contributed by atoms with Gasteiger partial charge in [0, 0.05) is 44.2 Å². The van der Waals surface area contributed by atoms with E-state index in [0.29, 0.717) is 23.9 Å². The molecule has 3 aliphatic rings. The summed E-state index contributed by atoms with van der Waals surface area (Å²) in [5, 5.41) is 7.00. The maximum atomic E-state index is 12.7. The zero-order valence-corrected chi connectivity index (χ0v) is 21.0. The first-order chi connectivity index (χ1) is 13.6. The molecule has 2 N–H and O–H groups in total. The van der Waals surface area contributed by atoms with Gasteiger partial charge in [0.25, 0.3) is 0 Å². The average molecular weight is 520 g/mol. The monoisotopic (exact) mass is 519 g/mol. The van der Waals surface area contributed by atoms with E-state index in [1.807, 2.05) is 0 Å². The zero-order chi connectivity index (χ0) is 19.9. The largest absolute Gasteiger partial charge is 0.357 e. The van der Waals surface area contributed by atoms with E-state index in [1.165, 1.54) is 38.8 Å². The van der Waals surface area contributed by atoms with Crippen molar-refractivity contribution >= 4 is 35.8 Å². The number of guanidine groups is 1. The first kappa shape index (κ1) is 24.7. The third-order valence-corrected chi connectivity index (χ3v) is 6.45. The third kappa shape index (κ3) is 7.26. The van der Waals surface area contributed by atoms with Crippen LogP contribution in [0.4, 0.5) is 0 Å². The summed E-state index contributed by atoms with van der Waals surface area (Å²) in [5.74, 6) is 2.30. The summed E-state index contributed by atoms with van der Waals surface area (Å²) in [6.07, 6.45) is 8.18. The molecule has 0 aromatic rings. The number of halogens is 1. The van der Waals surface area contributed by atoms with Crippen molar-refractivity contribution in [2.45, 2.75) is 77.8 Å². The van der Waals surface area contributed by atoms with Gasteiger partial charge in [0.1, 0.15) is 0 Å². The molecule has 0 spiro atoms. The molecule has 6 nitrogen and oxygen atoms in total. The van der Waals surface area contributed by atoms with Crippen molar-refractivity contribution in [3.63, 3.8) is 0 Å². The van der Waals surface area contributed by atoms with Gasteiger partial charge < -0.3 is 15.5 Å². The van der Waals surface area contributed by atoms with E-state index in [9.17, 15) is 4.79 Å². The second-order valence-corrected chi connectivity index (χ2v) is 9.30. The van der Waals surface area contributed by atoms with E-state index < -0.39 is 0 Å². The van der Waals surface area contributed by atoms with Gasteiger partial charge in [0.2, 0.25) is 5.91 Å². The highest BCUT2D eigenvalue weighted by molar-refractivity contribution is 14.0. The van der Waals surface area contributed by atoms with Gasteiger partial charge in [-0.2, -0.15) is 0 Å². The summed E-state index contributed by atoms with van der Waals surface area (Å²) in [5.41, 5.74) is 0. The Morgan fingerprint density at radius 1 is 1.10 bits per heavy atom. The van der Waals surface area contributed by atoms with E-state index in [1.54, 1.807) is 0 Å². The van der Waals surface area contributed by atoms with Crippen molar-refractivity contribution in [3.8, 4) is 0 Å². The minimum absolute atomic E-state index is 0. The van der Waals surface area contributed by atoms with Crippen molar-refractivity contribution in [2.75, 3.05) is 39.3 Å². The lowest BCUT2D eigenvalue weighted by Gasteiger charge is -2.25. The number of likely N-dealkylation sites (tertiary alicyclic amines) is 2. The molecule has 168 valence electrons. The van der Waals surface area contributed by atoms with Crippen molar-refractivity contribution in [2.24, 2.45) is 16.8 Å². The summed E-state index contributed by atoms with van der Waals surface area (Å²) in [6, 6.07) is 0.889. The van der Waals surface area contributed by atoms with Gasteiger partial charge in [-0.1, -0.05) is 26.7 Å². The molecule has 3 rings (SSSR count). The molecule has 0 aromatic heterocycles. The molecule has 3 fully saturated rings. The molecule has 7 heteroatoms. The van der Waals surface area contributed by atoms with Crippen molar-refractivity contribution in [3.05, 3.63) is 0 Å². The highest BCUT2D eigenvalue weighted by Crippen LogP contribution is 2.27. The fraction of sp³-hybridized carbons (Fsp3) is 0.909. The molecular formula is C22H42IN5O. The molecule has 1 unspecified atom stereocenters. The van der Waals surface area contributed by atoms with Crippen LogP contribution in [0.25, 0.3) is 0 Å². The van der Waals surface area contributed by atoms with E-state index in [2.05, 4.69) is 41.2 Å². The summed E-state index contributed by atoms with van der Waals surface area (Å²) < 4.78 is 0. The highest BCUT2D eigenvalue weighted by atomic mass is 127. The van der Waals surface area contributed by atoms with Crippen molar-refractivity contribution in [1.82, 2.24) is 20.4 Å². The molecule has 1 amide bonds. The maximum absolute atomic E-state index is 12.7. The number of rotatable bonds is 7. The number of hydrogen-bond donors (Lipinski definition) is 2. The topological polar surface area (TPSA) is 60.0 Å². The molecule has 1 saturated carbocycles. The first-order valence-electron chi connectivity index (χ1n) is 11.6. The first-order valence-corrected chi connectivity index (χ1v) is 11.6. The Kier molecular flexibility index (Phi) is 10.5. The quantitative estimate of drug-likeness (QED) is 0.309. The lowest BCUT2D eigenvalue weighted by molar-refractivity contribution is -0.134. The molecule has 29 heavy (non-hydrogen) atoms. The number of amides is 1. The minimum Gasteiger partial charge on any atom is -0.357 e. The van der Waals surface area contributed by atoms with E-state index in [-0.39, 0.29) is 29.9 Å². The van der Waals surface area contributed by atoms with Crippen LogP contribution in [-0.4, -0.2) is 73.0 Å². The Bertz CT molecular complexity index is 535. The van der Waals surface area contributed by atoms with Crippen molar-refractivity contribution < 1.29 is 4.79 Å². The number of carbonyl (C=O) groups is 1. The standard InChI is InChI=1S/C22H41N5O.HI/c1-4-23-22(24-14-20-10-7-12-26(20)15-17(2)3)25-19-11-13-27(16-19)21(28)18-8-5-6-9-18;/h17-20H,4-16H2,1-3H3,(H2,23,24,25);1H/t19?,20-;/m1./s1. The second kappa shape index (κ2) is 12.3. The average Bonchev–Trinajstić information content (AvgIpc) is 3.41. The molecule has 0 radical (unpaired) electrons. The normalized spacial score (nSPS) is 26.2. The van der Waals surface area contributed by atoms with Gasteiger partial charge in [-0.3, -0.25) is 14.7 Å². The van der Waals surface area contributed by atoms with Crippen LogP contribution in [0.5, 0.6) is 0 Å². The number of aliphatic imine (C=N–C) groups is 1. The van der Waals surface area contributed by atoms with Gasteiger partial charge in [0.05, 0.1) is 6.54 Å². The van der Waals surface area contributed by atoms with Crippen LogP contribution in [0.3, 0.4) is 0 Å². The number of nitrogens with zero attached hydrogens (tertiary/aromatic N) is 3.